The van der Waals surface area contributed by atoms with Gasteiger partial charge in [0, 0.05) is 24.7 Å². The van der Waals surface area contributed by atoms with Crippen LogP contribution in [-0.2, 0) is 0 Å². The Morgan fingerprint density at radius 1 is 1.38 bits per heavy atom. The predicted octanol–water partition coefficient (Wildman–Crippen LogP) is 1.26. The summed E-state index contributed by atoms with van der Waals surface area (Å²) in [7, 11) is 6.52. The molecule has 0 bridgehead atoms. The van der Waals surface area contributed by atoms with Crippen LogP contribution in [-0.4, -0.2) is 62.2 Å². The molecule has 1 N–H and O–H groups in total. The zero-order chi connectivity index (χ0) is 12.3. The summed E-state index contributed by atoms with van der Waals surface area (Å²) in [6.45, 7) is 10.5. The molecule has 0 aromatic rings. The third-order valence-corrected chi connectivity index (χ3v) is 4.12. The van der Waals surface area contributed by atoms with Crippen LogP contribution >= 0.6 is 0 Å². The third-order valence-electron chi connectivity index (χ3n) is 4.12. The van der Waals surface area contributed by atoms with Gasteiger partial charge in [-0.1, -0.05) is 6.92 Å². The second-order valence-corrected chi connectivity index (χ2v) is 6.22. The number of nitrogens with zero attached hydrogens (tertiary/aromatic N) is 2. The van der Waals surface area contributed by atoms with Gasteiger partial charge in [0.15, 0.2) is 0 Å². The predicted molar refractivity (Wildman–Crippen MR) is 70.8 cm³/mol. The van der Waals surface area contributed by atoms with Crippen LogP contribution in [0.3, 0.4) is 0 Å². The van der Waals surface area contributed by atoms with Gasteiger partial charge in [-0.15, -0.1) is 0 Å². The van der Waals surface area contributed by atoms with E-state index in [0.29, 0.717) is 6.04 Å². The monoisotopic (exact) mass is 227 g/mol. The minimum atomic E-state index is 0.239. The van der Waals surface area contributed by atoms with Crippen LogP contribution in [0.5, 0.6) is 0 Å². The van der Waals surface area contributed by atoms with Gasteiger partial charge in [-0.2, -0.15) is 0 Å². The highest BCUT2D eigenvalue weighted by atomic mass is 15.2. The molecule has 1 rings (SSSR count). The second kappa shape index (κ2) is 5.48. The first-order chi connectivity index (χ1) is 7.33. The molecular weight excluding hydrogens is 198 g/mol. The Morgan fingerprint density at radius 3 is 2.50 bits per heavy atom. The van der Waals surface area contributed by atoms with Crippen molar-refractivity contribution < 1.29 is 0 Å². The molecule has 1 aliphatic rings. The van der Waals surface area contributed by atoms with E-state index in [2.05, 4.69) is 57.0 Å². The smallest absolute Gasteiger partial charge is 0.0271 e. The molecule has 2 unspecified atom stereocenters. The highest BCUT2D eigenvalue weighted by Crippen LogP contribution is 2.17. The molecule has 0 aliphatic carbocycles. The van der Waals surface area contributed by atoms with Crippen molar-refractivity contribution in [1.82, 2.24) is 15.1 Å². The fourth-order valence-corrected chi connectivity index (χ4v) is 2.20. The lowest BCUT2D eigenvalue weighted by Gasteiger charge is -2.39. The third kappa shape index (κ3) is 3.72. The maximum Gasteiger partial charge on any atom is 0.0271 e. The van der Waals surface area contributed by atoms with E-state index in [1.54, 1.807) is 0 Å². The average molecular weight is 227 g/mol. The number of likely N-dealkylation sites (N-methyl/N-ethyl adjacent to an activating group) is 1. The van der Waals surface area contributed by atoms with E-state index >= 15 is 0 Å². The van der Waals surface area contributed by atoms with Crippen molar-refractivity contribution >= 4 is 0 Å². The fraction of sp³-hybridized carbons (Fsp3) is 1.00. The summed E-state index contributed by atoms with van der Waals surface area (Å²) >= 11 is 0. The minimum Gasteiger partial charge on any atom is -0.312 e. The van der Waals surface area contributed by atoms with Crippen LogP contribution in [0.1, 0.15) is 27.2 Å². The van der Waals surface area contributed by atoms with Gasteiger partial charge in [-0.3, -0.25) is 0 Å². The lowest BCUT2D eigenvalue weighted by Crippen LogP contribution is -2.53. The highest BCUT2D eigenvalue weighted by molar-refractivity contribution is 4.86. The Bertz CT molecular complexity index is 213. The molecule has 1 fully saturated rings. The van der Waals surface area contributed by atoms with E-state index in [-0.39, 0.29) is 5.54 Å². The van der Waals surface area contributed by atoms with E-state index in [9.17, 15) is 0 Å². The van der Waals surface area contributed by atoms with E-state index in [1.165, 1.54) is 19.5 Å². The molecule has 0 saturated carbocycles. The molecule has 3 nitrogen and oxygen atoms in total. The molecule has 0 radical (unpaired) electrons. The second-order valence-electron chi connectivity index (χ2n) is 6.22. The molecule has 16 heavy (non-hydrogen) atoms. The van der Waals surface area contributed by atoms with Gasteiger partial charge in [0.2, 0.25) is 0 Å². The molecular formula is C13H29N3. The molecule has 2 atom stereocenters. The first-order valence-electron chi connectivity index (χ1n) is 6.42. The number of likely N-dealkylation sites (tertiary alicyclic amines) is 1. The van der Waals surface area contributed by atoms with Crippen LogP contribution < -0.4 is 5.32 Å². The van der Waals surface area contributed by atoms with Crippen molar-refractivity contribution in [3.8, 4) is 0 Å². The Morgan fingerprint density at radius 2 is 2.00 bits per heavy atom. The Kier molecular flexibility index (Phi) is 4.77. The summed E-state index contributed by atoms with van der Waals surface area (Å²) < 4.78 is 0. The summed E-state index contributed by atoms with van der Waals surface area (Å²) in [5.74, 6) is 0.761. The summed E-state index contributed by atoms with van der Waals surface area (Å²) in [4.78, 5) is 4.72. The molecule has 0 aromatic heterocycles. The van der Waals surface area contributed by atoms with Crippen LogP contribution in [0.2, 0.25) is 0 Å². The molecule has 96 valence electrons. The van der Waals surface area contributed by atoms with Gasteiger partial charge in [0.25, 0.3) is 0 Å². The summed E-state index contributed by atoms with van der Waals surface area (Å²) in [6, 6.07) is 0.690. The lowest BCUT2D eigenvalue weighted by molar-refractivity contribution is 0.142. The van der Waals surface area contributed by atoms with E-state index in [1.807, 2.05) is 0 Å². The Balaban J connectivity index is 2.38. The zero-order valence-electron chi connectivity index (χ0n) is 11.9. The average Bonchev–Trinajstić information content (AvgIpc) is 2.16. The number of hydrogen-bond donors (Lipinski definition) is 1. The lowest BCUT2D eigenvalue weighted by atomic mass is 9.93. The number of rotatable bonds is 4. The van der Waals surface area contributed by atoms with Crippen LogP contribution in [0, 0.1) is 5.92 Å². The molecule has 1 heterocycles. The quantitative estimate of drug-likeness (QED) is 0.780. The van der Waals surface area contributed by atoms with Crippen molar-refractivity contribution in [2.75, 3.05) is 40.8 Å². The summed E-state index contributed by atoms with van der Waals surface area (Å²) in [6.07, 6.45) is 1.28. The van der Waals surface area contributed by atoms with Gasteiger partial charge in [0.1, 0.15) is 0 Å². The van der Waals surface area contributed by atoms with Gasteiger partial charge in [0.05, 0.1) is 0 Å². The van der Waals surface area contributed by atoms with Crippen molar-refractivity contribution in [1.29, 1.82) is 0 Å². The normalized spacial score (nSPS) is 28.7. The Hall–Kier alpha value is -0.120. The first kappa shape index (κ1) is 13.9. The largest absolute Gasteiger partial charge is 0.312 e. The number of piperidine rings is 1. The van der Waals surface area contributed by atoms with E-state index in [0.717, 1.165) is 12.5 Å². The maximum atomic E-state index is 3.75. The van der Waals surface area contributed by atoms with E-state index in [4.69, 9.17) is 0 Å². The summed E-state index contributed by atoms with van der Waals surface area (Å²) in [5.41, 5.74) is 0.239. The highest BCUT2D eigenvalue weighted by Gasteiger charge is 2.27. The van der Waals surface area contributed by atoms with Crippen LogP contribution in [0.4, 0.5) is 0 Å². The van der Waals surface area contributed by atoms with Crippen molar-refractivity contribution in [2.24, 2.45) is 5.92 Å². The van der Waals surface area contributed by atoms with Gasteiger partial charge in [-0.05, 0) is 53.9 Å². The van der Waals surface area contributed by atoms with Gasteiger partial charge < -0.3 is 15.1 Å². The van der Waals surface area contributed by atoms with Crippen molar-refractivity contribution in [3.05, 3.63) is 0 Å². The topological polar surface area (TPSA) is 18.5 Å². The molecule has 1 saturated heterocycles. The van der Waals surface area contributed by atoms with Crippen molar-refractivity contribution in [3.63, 3.8) is 0 Å². The maximum absolute atomic E-state index is 3.75. The van der Waals surface area contributed by atoms with Gasteiger partial charge >= 0.3 is 0 Å². The Labute approximate surface area is 101 Å². The minimum absolute atomic E-state index is 0.239. The van der Waals surface area contributed by atoms with Gasteiger partial charge in [-0.25, -0.2) is 0 Å². The molecule has 1 aliphatic heterocycles. The van der Waals surface area contributed by atoms with Crippen molar-refractivity contribution in [2.45, 2.75) is 38.8 Å². The first-order valence-corrected chi connectivity index (χ1v) is 6.42. The summed E-state index contributed by atoms with van der Waals surface area (Å²) in [5, 5.41) is 3.75. The molecule has 0 amide bonds. The van der Waals surface area contributed by atoms with Crippen LogP contribution in [0.25, 0.3) is 0 Å². The van der Waals surface area contributed by atoms with Crippen LogP contribution in [0.15, 0.2) is 0 Å². The molecule has 0 spiro atoms. The molecule has 0 aromatic carbocycles. The number of hydrogen-bond acceptors (Lipinski definition) is 3. The fourth-order valence-electron chi connectivity index (χ4n) is 2.20. The number of nitrogens with one attached hydrogen (secondary N) is 1. The van der Waals surface area contributed by atoms with E-state index < -0.39 is 0 Å². The standard InChI is InChI=1S/C13H29N3/c1-11-9-16(6)8-7-12(11)14-10-13(2,3)15(4)5/h11-12,14H,7-10H2,1-6H3. The molecule has 3 heteroatoms. The SMILES string of the molecule is CC1CN(C)CCC1NCC(C)(C)N(C)C. The zero-order valence-corrected chi connectivity index (χ0v) is 11.9.